The maximum Gasteiger partial charge on any atom is 0.291 e. The molecule has 0 radical (unpaired) electrons. The van der Waals surface area contributed by atoms with Crippen molar-refractivity contribution in [2.75, 3.05) is 13.1 Å². The van der Waals surface area contributed by atoms with Crippen LogP contribution in [0.25, 0.3) is 5.69 Å². The van der Waals surface area contributed by atoms with E-state index in [1.54, 1.807) is 10.7 Å². The fourth-order valence-electron chi connectivity index (χ4n) is 2.82. The van der Waals surface area contributed by atoms with E-state index in [1.807, 2.05) is 32.0 Å². The van der Waals surface area contributed by atoms with Crippen molar-refractivity contribution < 1.29 is 4.79 Å². The molecule has 1 fully saturated rings. The second-order valence-corrected chi connectivity index (χ2v) is 6.74. The van der Waals surface area contributed by atoms with Crippen molar-refractivity contribution in [1.82, 2.24) is 25.4 Å². The van der Waals surface area contributed by atoms with Gasteiger partial charge in [-0.25, -0.2) is 9.67 Å². The highest BCUT2D eigenvalue weighted by atomic mass is 35.5. The number of nitrogens with zero attached hydrogens (tertiary/aromatic N) is 3. The highest BCUT2D eigenvalue weighted by molar-refractivity contribution is 6.32. The molecule has 1 amide bonds. The Morgan fingerprint density at radius 3 is 2.88 bits per heavy atom. The van der Waals surface area contributed by atoms with Crippen molar-refractivity contribution in [3.8, 4) is 5.69 Å². The zero-order chi connectivity index (χ0) is 17.1. The Bertz CT molecular complexity index is 722. The molecule has 1 aliphatic heterocycles. The number of nitrogens with one attached hydrogen (secondary N) is 2. The van der Waals surface area contributed by atoms with Gasteiger partial charge in [0.25, 0.3) is 5.91 Å². The standard InChI is InChI=1S/C17H22ClN5O/c1-11(2)16-21-15(17(24)20-12-6-5-9-19-10-12)22-23(16)14-8-4-3-7-13(14)18/h3-4,7-8,11-12,19H,5-6,9-10H2,1-2H3,(H,20,24). The third-order valence-electron chi connectivity index (χ3n) is 4.06. The molecule has 2 aromatic rings. The van der Waals surface area contributed by atoms with Crippen LogP contribution in [-0.2, 0) is 0 Å². The van der Waals surface area contributed by atoms with Crippen molar-refractivity contribution >= 4 is 17.5 Å². The van der Waals surface area contributed by atoms with Crippen LogP contribution in [0.15, 0.2) is 24.3 Å². The Balaban J connectivity index is 1.88. The third kappa shape index (κ3) is 3.60. The molecule has 0 spiro atoms. The topological polar surface area (TPSA) is 71.8 Å². The summed E-state index contributed by atoms with van der Waals surface area (Å²) in [5, 5.41) is 11.3. The number of amides is 1. The Morgan fingerprint density at radius 2 is 2.21 bits per heavy atom. The van der Waals surface area contributed by atoms with E-state index in [1.165, 1.54) is 0 Å². The first-order valence-corrected chi connectivity index (χ1v) is 8.67. The Morgan fingerprint density at radius 1 is 1.42 bits per heavy atom. The van der Waals surface area contributed by atoms with Gasteiger partial charge in [-0.3, -0.25) is 4.79 Å². The Hall–Kier alpha value is -1.92. The van der Waals surface area contributed by atoms with Crippen molar-refractivity contribution in [3.63, 3.8) is 0 Å². The van der Waals surface area contributed by atoms with Crippen molar-refractivity contribution in [2.45, 2.75) is 38.6 Å². The molecular formula is C17H22ClN5O. The van der Waals surface area contributed by atoms with Gasteiger partial charge in [-0.1, -0.05) is 37.6 Å². The average Bonchev–Trinajstić information content (AvgIpc) is 3.02. The number of piperidine rings is 1. The fraction of sp³-hybridized carbons (Fsp3) is 0.471. The summed E-state index contributed by atoms with van der Waals surface area (Å²) >= 11 is 6.28. The second kappa shape index (κ2) is 7.32. The number of para-hydroxylation sites is 1. The van der Waals surface area contributed by atoms with Crippen LogP contribution >= 0.6 is 11.6 Å². The predicted octanol–water partition coefficient (Wildman–Crippen LogP) is 2.53. The summed E-state index contributed by atoms with van der Waals surface area (Å²) in [5.41, 5.74) is 0.730. The Kier molecular flexibility index (Phi) is 5.16. The van der Waals surface area contributed by atoms with Gasteiger partial charge in [0.1, 0.15) is 5.82 Å². The van der Waals surface area contributed by atoms with Gasteiger partial charge < -0.3 is 10.6 Å². The monoisotopic (exact) mass is 347 g/mol. The molecule has 0 aliphatic carbocycles. The molecule has 0 saturated carbocycles. The SMILES string of the molecule is CC(C)c1nc(C(=O)NC2CCCNC2)nn1-c1ccccc1Cl. The van der Waals surface area contributed by atoms with E-state index < -0.39 is 0 Å². The van der Waals surface area contributed by atoms with Crippen molar-refractivity contribution in [3.05, 3.63) is 40.9 Å². The lowest BCUT2D eigenvalue weighted by Crippen LogP contribution is -2.45. The molecule has 1 aromatic heterocycles. The van der Waals surface area contributed by atoms with Gasteiger partial charge in [0.15, 0.2) is 0 Å². The summed E-state index contributed by atoms with van der Waals surface area (Å²) in [7, 11) is 0. The summed E-state index contributed by atoms with van der Waals surface area (Å²) in [6.07, 6.45) is 2.03. The summed E-state index contributed by atoms with van der Waals surface area (Å²) < 4.78 is 1.67. The van der Waals surface area contributed by atoms with E-state index in [-0.39, 0.29) is 23.7 Å². The maximum absolute atomic E-state index is 12.5. The first-order valence-electron chi connectivity index (χ1n) is 8.29. The lowest BCUT2D eigenvalue weighted by atomic mass is 10.1. The number of aromatic nitrogens is 3. The minimum absolute atomic E-state index is 0.117. The summed E-state index contributed by atoms with van der Waals surface area (Å²) in [5.74, 6) is 0.780. The molecule has 7 heteroatoms. The van der Waals surface area contributed by atoms with Gasteiger partial charge in [0, 0.05) is 18.5 Å². The Labute approximate surface area is 146 Å². The van der Waals surface area contributed by atoms with Crippen LogP contribution in [0.2, 0.25) is 5.02 Å². The van der Waals surface area contributed by atoms with E-state index in [0.29, 0.717) is 5.02 Å². The molecule has 128 valence electrons. The lowest BCUT2D eigenvalue weighted by Gasteiger charge is -2.23. The summed E-state index contributed by atoms with van der Waals surface area (Å²) in [6.45, 7) is 5.82. The second-order valence-electron chi connectivity index (χ2n) is 6.33. The smallest absolute Gasteiger partial charge is 0.291 e. The van der Waals surface area contributed by atoms with Crippen LogP contribution in [0.3, 0.4) is 0 Å². The zero-order valence-electron chi connectivity index (χ0n) is 13.9. The fourth-order valence-corrected chi connectivity index (χ4v) is 3.04. The largest absolute Gasteiger partial charge is 0.345 e. The van der Waals surface area contributed by atoms with Crippen molar-refractivity contribution in [1.29, 1.82) is 0 Å². The summed E-state index contributed by atoms with van der Waals surface area (Å²) in [6, 6.07) is 7.55. The van der Waals surface area contributed by atoms with E-state index >= 15 is 0 Å². The molecule has 24 heavy (non-hydrogen) atoms. The molecule has 2 N–H and O–H groups in total. The van der Waals surface area contributed by atoms with Crippen LogP contribution in [0.1, 0.15) is 49.1 Å². The quantitative estimate of drug-likeness (QED) is 0.891. The number of hydrogen-bond acceptors (Lipinski definition) is 4. The van der Waals surface area contributed by atoms with E-state index in [9.17, 15) is 4.79 Å². The molecule has 3 rings (SSSR count). The number of rotatable bonds is 4. The number of carbonyl (C=O) groups is 1. The van der Waals surface area contributed by atoms with Gasteiger partial charge in [0.05, 0.1) is 10.7 Å². The van der Waals surface area contributed by atoms with Crippen LogP contribution in [0.5, 0.6) is 0 Å². The molecule has 2 heterocycles. The maximum atomic E-state index is 12.5. The van der Waals surface area contributed by atoms with E-state index in [4.69, 9.17) is 11.6 Å². The van der Waals surface area contributed by atoms with Crippen LogP contribution < -0.4 is 10.6 Å². The van der Waals surface area contributed by atoms with Crippen molar-refractivity contribution in [2.24, 2.45) is 0 Å². The first-order chi connectivity index (χ1) is 11.6. The van der Waals surface area contributed by atoms with Gasteiger partial charge in [-0.05, 0) is 31.5 Å². The zero-order valence-corrected chi connectivity index (χ0v) is 14.7. The lowest BCUT2D eigenvalue weighted by molar-refractivity contribution is 0.0920. The minimum atomic E-state index is -0.239. The number of halogens is 1. The van der Waals surface area contributed by atoms with Gasteiger partial charge >= 0.3 is 0 Å². The summed E-state index contributed by atoms with van der Waals surface area (Å²) in [4.78, 5) is 17.0. The third-order valence-corrected chi connectivity index (χ3v) is 4.38. The normalized spacial score (nSPS) is 17.9. The number of hydrogen-bond donors (Lipinski definition) is 2. The molecule has 1 atom stereocenters. The van der Waals surface area contributed by atoms with Gasteiger partial charge in [0.2, 0.25) is 5.82 Å². The molecule has 1 saturated heterocycles. The van der Waals surface area contributed by atoms with E-state index in [0.717, 1.165) is 37.4 Å². The van der Waals surface area contributed by atoms with Crippen LogP contribution in [0, 0.1) is 0 Å². The molecule has 1 aromatic carbocycles. The number of carbonyl (C=O) groups excluding carboxylic acids is 1. The van der Waals surface area contributed by atoms with E-state index in [2.05, 4.69) is 20.7 Å². The van der Waals surface area contributed by atoms with Crippen LogP contribution in [-0.4, -0.2) is 39.8 Å². The molecule has 0 bridgehead atoms. The average molecular weight is 348 g/mol. The molecule has 1 aliphatic rings. The minimum Gasteiger partial charge on any atom is -0.345 e. The molecule has 1 unspecified atom stereocenters. The van der Waals surface area contributed by atoms with Crippen LogP contribution in [0.4, 0.5) is 0 Å². The highest BCUT2D eigenvalue weighted by Crippen LogP contribution is 2.23. The van der Waals surface area contributed by atoms with Gasteiger partial charge in [-0.2, -0.15) is 0 Å². The number of benzene rings is 1. The molecule has 6 nitrogen and oxygen atoms in total. The molecular weight excluding hydrogens is 326 g/mol. The highest BCUT2D eigenvalue weighted by Gasteiger charge is 2.23. The first kappa shape index (κ1) is 16.9. The predicted molar refractivity (Wildman–Crippen MR) is 93.8 cm³/mol. The van der Waals surface area contributed by atoms with Gasteiger partial charge in [-0.15, -0.1) is 5.10 Å².